The monoisotopic (exact) mass is 212 g/mol. The minimum atomic E-state index is -0.765. The average Bonchev–Trinajstić information content (AvgIpc) is 2.08. The summed E-state index contributed by atoms with van der Waals surface area (Å²) in [5.74, 6) is 0.307. The van der Waals surface area contributed by atoms with Gasteiger partial charge >= 0.3 is 0 Å². The molecule has 1 atom stereocenters. The van der Waals surface area contributed by atoms with Gasteiger partial charge in [-0.15, -0.1) is 0 Å². The topological polar surface area (TPSA) is 49.4 Å². The first-order valence-electron chi connectivity index (χ1n) is 5.39. The Morgan fingerprint density at radius 3 is 2.40 bits per heavy atom. The van der Waals surface area contributed by atoms with Crippen molar-refractivity contribution < 1.29 is 9.59 Å². The van der Waals surface area contributed by atoms with E-state index in [1.807, 2.05) is 13.8 Å². The highest BCUT2D eigenvalue weighted by molar-refractivity contribution is 5.99. The van der Waals surface area contributed by atoms with Crippen LogP contribution in [0.1, 0.15) is 34.6 Å². The van der Waals surface area contributed by atoms with Crippen molar-refractivity contribution in [2.75, 3.05) is 6.54 Å². The molecule has 1 N–H and O–H groups in total. The van der Waals surface area contributed by atoms with Crippen LogP contribution in [0.25, 0.3) is 0 Å². The van der Waals surface area contributed by atoms with E-state index in [1.54, 1.807) is 25.7 Å². The molecule has 86 valence electrons. The van der Waals surface area contributed by atoms with E-state index in [9.17, 15) is 9.59 Å². The van der Waals surface area contributed by atoms with E-state index in [1.165, 1.54) is 0 Å². The van der Waals surface area contributed by atoms with Gasteiger partial charge in [-0.3, -0.25) is 9.59 Å². The predicted molar refractivity (Wildman–Crippen MR) is 58.2 cm³/mol. The summed E-state index contributed by atoms with van der Waals surface area (Å²) in [5.41, 5.74) is -0.765. The molecule has 4 heteroatoms. The van der Waals surface area contributed by atoms with Crippen molar-refractivity contribution in [2.45, 2.75) is 46.2 Å². The Morgan fingerprint density at radius 2 is 1.93 bits per heavy atom. The molecule has 1 unspecified atom stereocenters. The molecule has 0 aliphatic carbocycles. The first-order chi connectivity index (χ1) is 6.75. The summed E-state index contributed by atoms with van der Waals surface area (Å²) < 4.78 is 0. The van der Waals surface area contributed by atoms with E-state index >= 15 is 0 Å². The average molecular weight is 212 g/mol. The minimum absolute atomic E-state index is 0.00306. The molecule has 1 fully saturated rings. The second kappa shape index (κ2) is 3.83. The lowest BCUT2D eigenvalue weighted by atomic mass is 9.96. The third-order valence-electron chi connectivity index (χ3n) is 2.64. The molecule has 0 aromatic carbocycles. The van der Waals surface area contributed by atoms with Crippen LogP contribution in [0.2, 0.25) is 0 Å². The lowest BCUT2D eigenvalue weighted by molar-refractivity contribution is -0.153. The highest BCUT2D eigenvalue weighted by atomic mass is 16.2. The van der Waals surface area contributed by atoms with Gasteiger partial charge in [-0.25, -0.2) is 0 Å². The Kier molecular flexibility index (Phi) is 3.07. The lowest BCUT2D eigenvalue weighted by Crippen LogP contribution is -2.67. The first kappa shape index (κ1) is 12.0. The lowest BCUT2D eigenvalue weighted by Gasteiger charge is -2.42. The third kappa shape index (κ3) is 2.30. The van der Waals surface area contributed by atoms with Gasteiger partial charge in [0.05, 0.1) is 0 Å². The predicted octanol–water partition coefficient (Wildman–Crippen LogP) is 0.768. The molecule has 1 aliphatic rings. The fraction of sp³-hybridized carbons (Fsp3) is 0.818. The van der Waals surface area contributed by atoms with Crippen LogP contribution in [-0.4, -0.2) is 34.8 Å². The zero-order valence-electron chi connectivity index (χ0n) is 10.1. The van der Waals surface area contributed by atoms with Crippen molar-refractivity contribution in [1.29, 1.82) is 0 Å². The Morgan fingerprint density at radius 1 is 1.40 bits per heavy atom. The number of carbonyl (C=O) groups excluding carboxylic acids is 2. The summed E-state index contributed by atoms with van der Waals surface area (Å²) in [5, 5.41) is 2.73. The van der Waals surface area contributed by atoms with E-state index in [4.69, 9.17) is 0 Å². The van der Waals surface area contributed by atoms with E-state index in [0.717, 1.165) is 0 Å². The Bertz CT molecular complexity index is 284. The van der Waals surface area contributed by atoms with Crippen molar-refractivity contribution in [2.24, 2.45) is 5.92 Å². The van der Waals surface area contributed by atoms with Crippen LogP contribution in [0.4, 0.5) is 0 Å². The van der Waals surface area contributed by atoms with Crippen molar-refractivity contribution in [3.8, 4) is 0 Å². The molecule has 2 amide bonds. The summed E-state index contributed by atoms with van der Waals surface area (Å²) in [6, 6.07) is -0.354. The number of rotatable bonds is 2. The second-order valence-electron chi connectivity index (χ2n) is 5.14. The van der Waals surface area contributed by atoms with Crippen LogP contribution in [0.15, 0.2) is 0 Å². The molecular weight excluding hydrogens is 192 g/mol. The highest BCUT2D eigenvalue weighted by Gasteiger charge is 2.43. The molecule has 1 saturated heterocycles. The molecule has 0 radical (unpaired) electrons. The maximum atomic E-state index is 12.0. The number of hydrogen-bond acceptors (Lipinski definition) is 2. The molecular formula is C11H20N2O2. The minimum Gasteiger partial charge on any atom is -0.340 e. The number of nitrogens with one attached hydrogen (secondary N) is 1. The molecule has 4 nitrogen and oxygen atoms in total. The maximum Gasteiger partial charge on any atom is 0.248 e. The van der Waals surface area contributed by atoms with Crippen molar-refractivity contribution in [1.82, 2.24) is 10.2 Å². The third-order valence-corrected chi connectivity index (χ3v) is 2.64. The molecule has 0 spiro atoms. The van der Waals surface area contributed by atoms with Crippen molar-refractivity contribution in [3.63, 3.8) is 0 Å². The van der Waals surface area contributed by atoms with Gasteiger partial charge in [-0.2, -0.15) is 0 Å². The molecule has 0 bridgehead atoms. The van der Waals surface area contributed by atoms with Gasteiger partial charge in [0.1, 0.15) is 11.6 Å². The van der Waals surface area contributed by atoms with Crippen molar-refractivity contribution >= 4 is 11.8 Å². The van der Waals surface area contributed by atoms with Crippen LogP contribution in [0.3, 0.4) is 0 Å². The van der Waals surface area contributed by atoms with E-state index < -0.39 is 5.54 Å². The molecule has 1 aliphatic heterocycles. The van der Waals surface area contributed by atoms with Gasteiger partial charge in [0.15, 0.2) is 0 Å². The Balaban J connectivity index is 2.90. The van der Waals surface area contributed by atoms with E-state index in [2.05, 4.69) is 5.32 Å². The number of piperazine rings is 1. The van der Waals surface area contributed by atoms with Gasteiger partial charge in [-0.05, 0) is 26.7 Å². The van der Waals surface area contributed by atoms with Crippen LogP contribution in [0.5, 0.6) is 0 Å². The highest BCUT2D eigenvalue weighted by Crippen LogP contribution is 2.18. The van der Waals surface area contributed by atoms with Gasteiger partial charge in [0, 0.05) is 6.54 Å². The van der Waals surface area contributed by atoms with E-state index in [-0.39, 0.29) is 17.9 Å². The van der Waals surface area contributed by atoms with Crippen molar-refractivity contribution in [3.05, 3.63) is 0 Å². The maximum absolute atomic E-state index is 12.0. The summed E-state index contributed by atoms with van der Waals surface area (Å²) in [6.45, 7) is 9.97. The summed E-state index contributed by atoms with van der Waals surface area (Å²) in [6.07, 6.45) is 0. The molecule has 15 heavy (non-hydrogen) atoms. The standard InChI is InChI=1S/C11H20N2O2/c1-7(2)6-13-8(3)9(14)12-11(4,5)10(13)15/h7-8H,6H2,1-5H3,(H,12,14). The second-order valence-corrected chi connectivity index (χ2v) is 5.14. The fourth-order valence-corrected chi connectivity index (χ4v) is 1.78. The van der Waals surface area contributed by atoms with Gasteiger partial charge in [0.25, 0.3) is 0 Å². The normalized spacial score (nSPS) is 25.7. The number of hydrogen-bond donors (Lipinski definition) is 1. The zero-order valence-corrected chi connectivity index (χ0v) is 10.1. The molecule has 0 saturated carbocycles. The number of amides is 2. The molecule has 0 aromatic rings. The summed E-state index contributed by atoms with van der Waals surface area (Å²) in [4.78, 5) is 25.4. The van der Waals surface area contributed by atoms with Crippen LogP contribution < -0.4 is 5.32 Å². The zero-order chi connectivity index (χ0) is 11.8. The van der Waals surface area contributed by atoms with Gasteiger partial charge in [-0.1, -0.05) is 13.8 Å². The van der Waals surface area contributed by atoms with Crippen LogP contribution in [0, 0.1) is 5.92 Å². The smallest absolute Gasteiger partial charge is 0.248 e. The number of nitrogens with zero attached hydrogens (tertiary/aromatic N) is 1. The quantitative estimate of drug-likeness (QED) is 0.735. The largest absolute Gasteiger partial charge is 0.340 e. The molecule has 1 heterocycles. The molecule has 0 aromatic heterocycles. The SMILES string of the molecule is CC(C)CN1C(=O)C(C)(C)NC(=O)C1C. The van der Waals surface area contributed by atoms with Crippen LogP contribution >= 0.6 is 0 Å². The summed E-state index contributed by atoms with van der Waals surface area (Å²) >= 11 is 0. The number of carbonyl (C=O) groups is 2. The fourth-order valence-electron chi connectivity index (χ4n) is 1.78. The summed E-state index contributed by atoms with van der Waals surface area (Å²) in [7, 11) is 0. The first-order valence-corrected chi connectivity index (χ1v) is 5.39. The van der Waals surface area contributed by atoms with E-state index in [0.29, 0.717) is 12.5 Å². The van der Waals surface area contributed by atoms with Gasteiger partial charge in [0.2, 0.25) is 11.8 Å². The molecule has 1 rings (SSSR count). The van der Waals surface area contributed by atoms with Gasteiger partial charge < -0.3 is 10.2 Å². The Labute approximate surface area is 91.0 Å². The Hall–Kier alpha value is -1.06. The van der Waals surface area contributed by atoms with Crippen LogP contribution in [-0.2, 0) is 9.59 Å².